The van der Waals surface area contributed by atoms with Crippen LogP contribution in [0.4, 0.5) is 0 Å². The highest BCUT2D eigenvalue weighted by Gasteiger charge is 2.46. The minimum Gasteiger partial charge on any atom is -0.228 e. The lowest BCUT2D eigenvalue weighted by Gasteiger charge is -2.34. The number of hydrogen-bond donors (Lipinski definition) is 0. The van der Waals surface area contributed by atoms with Crippen molar-refractivity contribution in [3.8, 4) is 78.4 Å². The van der Waals surface area contributed by atoms with Crippen LogP contribution < -0.4 is 0 Å². The van der Waals surface area contributed by atoms with E-state index in [1.54, 1.807) is 0 Å². The summed E-state index contributed by atoms with van der Waals surface area (Å²) in [7, 11) is 0. The van der Waals surface area contributed by atoms with Crippen LogP contribution in [-0.2, 0) is 10.8 Å². The Kier molecular flexibility index (Phi) is 9.13. The zero-order valence-corrected chi connectivity index (χ0v) is 38.0. The van der Waals surface area contributed by atoms with Crippen molar-refractivity contribution < 1.29 is 0 Å². The largest absolute Gasteiger partial charge is 0.228 e. The summed E-state index contributed by atoms with van der Waals surface area (Å²) in [5.74, 6) is 0.693. The molecule has 0 radical (unpaired) electrons. The van der Waals surface area contributed by atoms with Gasteiger partial charge in [0.2, 0.25) is 0 Å². The van der Waals surface area contributed by atoms with E-state index < -0.39 is 5.41 Å². The molecule has 2 aliphatic carbocycles. The number of nitrogens with zero attached hydrogens (tertiary/aromatic N) is 2. The Balaban J connectivity index is 0.976. The molecular weight excluding hydrogens is 821 g/mol. The maximum absolute atomic E-state index is 5.40. The number of rotatable bonds is 7. The average molecular weight is 867 g/mol. The lowest BCUT2D eigenvalue weighted by molar-refractivity contribution is 0.661. The van der Waals surface area contributed by atoms with Gasteiger partial charge < -0.3 is 0 Å². The van der Waals surface area contributed by atoms with Gasteiger partial charge in [0, 0.05) is 22.1 Å². The van der Waals surface area contributed by atoms with E-state index in [4.69, 9.17) is 9.97 Å². The summed E-state index contributed by atoms with van der Waals surface area (Å²) in [6.07, 6.45) is 0. The first kappa shape index (κ1) is 39.9. The molecule has 0 spiro atoms. The second-order valence-electron chi connectivity index (χ2n) is 18.8. The van der Waals surface area contributed by atoms with Gasteiger partial charge >= 0.3 is 0 Å². The summed E-state index contributed by atoms with van der Waals surface area (Å²) in [6.45, 7) is 4.73. The molecule has 10 aromatic carbocycles. The molecule has 320 valence electrons. The summed E-state index contributed by atoms with van der Waals surface area (Å²) >= 11 is 0. The van der Waals surface area contributed by atoms with E-state index in [1.807, 2.05) is 6.07 Å². The Hall–Kier alpha value is -8.46. The third kappa shape index (κ3) is 6.11. The molecule has 0 atom stereocenters. The topological polar surface area (TPSA) is 25.8 Å². The van der Waals surface area contributed by atoms with Gasteiger partial charge in [-0.2, -0.15) is 0 Å². The van der Waals surface area contributed by atoms with Crippen LogP contribution in [0.1, 0.15) is 47.2 Å². The second-order valence-corrected chi connectivity index (χ2v) is 18.8. The number of fused-ring (bicyclic) bond motifs is 7. The number of benzene rings is 10. The first-order valence-corrected chi connectivity index (χ1v) is 23.6. The molecule has 0 saturated carbocycles. The molecule has 1 aromatic heterocycles. The molecular formula is C66H46N2. The van der Waals surface area contributed by atoms with Crippen molar-refractivity contribution in [3.05, 3.63) is 276 Å². The highest BCUT2D eigenvalue weighted by molar-refractivity contribution is 5.99. The first-order chi connectivity index (χ1) is 33.5. The molecule has 2 nitrogen and oxygen atoms in total. The fourth-order valence-electron chi connectivity index (χ4n) is 11.6. The molecule has 2 aliphatic rings. The van der Waals surface area contributed by atoms with Crippen LogP contribution >= 0.6 is 0 Å². The van der Waals surface area contributed by atoms with Gasteiger partial charge in [-0.15, -0.1) is 0 Å². The summed E-state index contributed by atoms with van der Waals surface area (Å²) in [4.78, 5) is 10.7. The van der Waals surface area contributed by atoms with Crippen molar-refractivity contribution in [1.82, 2.24) is 9.97 Å². The molecule has 0 fully saturated rings. The van der Waals surface area contributed by atoms with Crippen LogP contribution in [-0.4, -0.2) is 9.97 Å². The van der Waals surface area contributed by atoms with Gasteiger partial charge in [-0.3, -0.25) is 0 Å². The van der Waals surface area contributed by atoms with Crippen molar-refractivity contribution >= 4 is 10.8 Å². The van der Waals surface area contributed by atoms with E-state index in [0.29, 0.717) is 5.82 Å². The van der Waals surface area contributed by atoms with Crippen molar-refractivity contribution in [3.63, 3.8) is 0 Å². The molecule has 0 amide bonds. The zero-order chi connectivity index (χ0) is 45.4. The summed E-state index contributed by atoms with van der Waals surface area (Å²) < 4.78 is 0. The smallest absolute Gasteiger partial charge is 0.160 e. The summed E-state index contributed by atoms with van der Waals surface area (Å²) in [5, 5.41) is 2.54. The fourth-order valence-corrected chi connectivity index (χ4v) is 11.6. The molecule has 0 aliphatic heterocycles. The van der Waals surface area contributed by atoms with Crippen LogP contribution in [0.3, 0.4) is 0 Å². The van der Waals surface area contributed by atoms with Gasteiger partial charge in [-0.05, 0) is 119 Å². The molecule has 2 heteroatoms. The molecule has 0 saturated heterocycles. The maximum Gasteiger partial charge on any atom is 0.160 e. The van der Waals surface area contributed by atoms with Crippen LogP contribution in [0.2, 0.25) is 0 Å². The average Bonchev–Trinajstić information content (AvgIpc) is 3.83. The first-order valence-electron chi connectivity index (χ1n) is 23.6. The fraction of sp³-hybridized carbons (Fsp3) is 0.0606. The van der Waals surface area contributed by atoms with Crippen molar-refractivity contribution in [2.75, 3.05) is 0 Å². The predicted molar refractivity (Wildman–Crippen MR) is 282 cm³/mol. The highest BCUT2D eigenvalue weighted by Crippen LogP contribution is 2.57. The van der Waals surface area contributed by atoms with Gasteiger partial charge in [0.25, 0.3) is 0 Å². The number of hydrogen-bond acceptors (Lipinski definition) is 2. The van der Waals surface area contributed by atoms with E-state index in [0.717, 1.165) is 44.8 Å². The van der Waals surface area contributed by atoms with E-state index in [1.165, 1.54) is 72.0 Å². The van der Waals surface area contributed by atoms with Gasteiger partial charge in [0.1, 0.15) is 0 Å². The monoisotopic (exact) mass is 866 g/mol. The lowest BCUT2D eigenvalue weighted by Crippen LogP contribution is -2.28. The van der Waals surface area contributed by atoms with Gasteiger partial charge in [0.05, 0.1) is 16.8 Å². The minimum absolute atomic E-state index is 0.130. The SMILES string of the molecule is CC1(C)c2cc3ccccc3cc2-c2c(-c3cccc(-c4cc(-c5ccccc5-c5ccc6c(c5)C(c5ccccc5)(c5ccccc5)c5ccccc5-6)nc(-c5ccccc5)n4)c3)cccc21. The predicted octanol–water partition coefficient (Wildman–Crippen LogP) is 16.6. The Labute approximate surface area is 398 Å². The van der Waals surface area contributed by atoms with Crippen molar-refractivity contribution in [1.29, 1.82) is 0 Å². The Morgan fingerprint density at radius 3 is 1.57 bits per heavy atom. The lowest BCUT2D eigenvalue weighted by atomic mass is 9.67. The van der Waals surface area contributed by atoms with Gasteiger partial charge in [0.15, 0.2) is 5.82 Å². The summed E-state index contributed by atoms with van der Waals surface area (Å²) in [6, 6.07) is 88.6. The van der Waals surface area contributed by atoms with Gasteiger partial charge in [-0.1, -0.05) is 226 Å². The van der Waals surface area contributed by atoms with Crippen LogP contribution in [0, 0.1) is 0 Å². The molecule has 0 bridgehead atoms. The standard InChI is InChI=1S/C66H46N2/c1-65(2)58-35-19-33-52(63(58)56-39-44-22-12-13-23-45(44)40-59(56)65)46-24-18-25-48(38-46)61-42-62(68-64(67-61)43-20-6-3-7-21-43)55-32-15-14-30-51(55)47-36-37-54-53-31-16-17-34-57(53)66(60(54)41-47,49-26-8-4-9-27-49)50-28-10-5-11-29-50/h3-42H,1-2H3. The Bertz CT molecular complexity index is 3720. The number of aromatic nitrogens is 2. The minimum atomic E-state index is -0.503. The second kappa shape index (κ2) is 15.6. The van der Waals surface area contributed by atoms with Crippen LogP contribution in [0.5, 0.6) is 0 Å². The third-order valence-corrected chi connectivity index (χ3v) is 14.8. The van der Waals surface area contributed by atoms with E-state index in [2.05, 4.69) is 250 Å². The molecule has 11 aromatic rings. The van der Waals surface area contributed by atoms with E-state index in [9.17, 15) is 0 Å². The zero-order valence-electron chi connectivity index (χ0n) is 38.0. The quantitative estimate of drug-likeness (QED) is 0.159. The molecule has 0 unspecified atom stereocenters. The van der Waals surface area contributed by atoms with Crippen LogP contribution in [0.15, 0.2) is 243 Å². The molecule has 1 heterocycles. The van der Waals surface area contributed by atoms with E-state index in [-0.39, 0.29) is 5.41 Å². The normalized spacial score (nSPS) is 13.7. The maximum atomic E-state index is 5.40. The Morgan fingerprint density at radius 2 is 0.824 bits per heavy atom. The van der Waals surface area contributed by atoms with Crippen LogP contribution in [0.25, 0.3) is 89.2 Å². The third-order valence-electron chi connectivity index (χ3n) is 14.8. The van der Waals surface area contributed by atoms with Crippen molar-refractivity contribution in [2.24, 2.45) is 0 Å². The highest BCUT2D eigenvalue weighted by atomic mass is 14.9. The van der Waals surface area contributed by atoms with E-state index >= 15 is 0 Å². The van der Waals surface area contributed by atoms with Gasteiger partial charge in [-0.25, -0.2) is 9.97 Å². The molecule has 68 heavy (non-hydrogen) atoms. The molecule has 0 N–H and O–H groups in total. The summed E-state index contributed by atoms with van der Waals surface area (Å²) in [5.41, 5.74) is 21.8. The van der Waals surface area contributed by atoms with Crippen molar-refractivity contribution in [2.45, 2.75) is 24.7 Å². The Morgan fingerprint density at radius 1 is 0.294 bits per heavy atom. The molecule has 13 rings (SSSR count).